The number of aryl methyl sites for hydroxylation is 1. The maximum atomic E-state index is 12.2. The van der Waals surface area contributed by atoms with Crippen molar-refractivity contribution in [1.82, 2.24) is 10.6 Å². The molecule has 0 amide bonds. The van der Waals surface area contributed by atoms with Gasteiger partial charge in [-0.2, -0.15) is 0 Å². The van der Waals surface area contributed by atoms with Gasteiger partial charge in [0.1, 0.15) is 11.5 Å². The SMILES string of the molecule is CCNC(=NCCS(=O)Cc1ccccc1)NC(C)c1ccc(C)o1. The number of rotatable bonds is 8. The van der Waals surface area contributed by atoms with Crippen molar-refractivity contribution in [3.8, 4) is 0 Å². The van der Waals surface area contributed by atoms with Crippen LogP contribution < -0.4 is 10.6 Å². The molecule has 0 spiro atoms. The lowest BCUT2D eigenvalue weighted by Gasteiger charge is -2.16. The van der Waals surface area contributed by atoms with Crippen LogP contribution in [0.1, 0.15) is 37.0 Å². The molecule has 6 heteroatoms. The van der Waals surface area contributed by atoms with Gasteiger partial charge in [0, 0.05) is 28.9 Å². The van der Waals surface area contributed by atoms with Crippen LogP contribution in [0, 0.1) is 6.92 Å². The second-order valence-corrected chi connectivity index (χ2v) is 7.43. The fraction of sp³-hybridized carbons (Fsp3) is 0.421. The number of nitrogens with one attached hydrogen (secondary N) is 2. The molecule has 2 aromatic rings. The molecule has 0 bridgehead atoms. The third-order valence-electron chi connectivity index (χ3n) is 3.64. The molecule has 2 N–H and O–H groups in total. The summed E-state index contributed by atoms with van der Waals surface area (Å²) >= 11 is 0. The Labute approximate surface area is 152 Å². The summed E-state index contributed by atoms with van der Waals surface area (Å²) in [6.45, 7) is 7.25. The van der Waals surface area contributed by atoms with Crippen LogP contribution in [0.4, 0.5) is 0 Å². The van der Waals surface area contributed by atoms with Gasteiger partial charge in [-0.15, -0.1) is 0 Å². The summed E-state index contributed by atoms with van der Waals surface area (Å²) in [6, 6.07) is 13.8. The Morgan fingerprint density at radius 2 is 2.00 bits per heavy atom. The highest BCUT2D eigenvalue weighted by Gasteiger charge is 2.11. The highest BCUT2D eigenvalue weighted by Crippen LogP contribution is 2.15. The number of hydrogen-bond acceptors (Lipinski definition) is 3. The lowest BCUT2D eigenvalue weighted by Crippen LogP contribution is -2.38. The van der Waals surface area contributed by atoms with Crippen molar-refractivity contribution in [2.75, 3.05) is 18.8 Å². The van der Waals surface area contributed by atoms with Crippen LogP contribution in [0.25, 0.3) is 0 Å². The topological polar surface area (TPSA) is 66.6 Å². The summed E-state index contributed by atoms with van der Waals surface area (Å²) in [5.74, 6) is 3.58. The molecule has 25 heavy (non-hydrogen) atoms. The van der Waals surface area contributed by atoms with E-state index in [1.165, 1.54) is 0 Å². The number of hydrogen-bond donors (Lipinski definition) is 2. The molecule has 2 atom stereocenters. The molecule has 2 unspecified atom stereocenters. The molecule has 0 saturated carbocycles. The lowest BCUT2D eigenvalue weighted by atomic mass is 10.2. The molecule has 2 rings (SSSR count). The van der Waals surface area contributed by atoms with Crippen LogP contribution in [0.5, 0.6) is 0 Å². The van der Waals surface area contributed by atoms with Crippen molar-refractivity contribution < 1.29 is 8.63 Å². The van der Waals surface area contributed by atoms with Crippen LogP contribution in [-0.4, -0.2) is 29.0 Å². The van der Waals surface area contributed by atoms with Gasteiger partial charge in [-0.3, -0.25) is 9.20 Å². The van der Waals surface area contributed by atoms with E-state index < -0.39 is 10.8 Å². The molecule has 0 saturated heterocycles. The zero-order valence-corrected chi connectivity index (χ0v) is 15.9. The second-order valence-electron chi connectivity index (χ2n) is 5.85. The molecule has 0 aliphatic rings. The molecule has 5 nitrogen and oxygen atoms in total. The Kier molecular flexibility index (Phi) is 7.73. The molecule has 0 radical (unpaired) electrons. The summed E-state index contributed by atoms with van der Waals surface area (Å²) in [6.07, 6.45) is 0. The first-order valence-corrected chi connectivity index (χ1v) is 10.1. The van der Waals surface area contributed by atoms with Crippen molar-refractivity contribution in [1.29, 1.82) is 0 Å². The van der Waals surface area contributed by atoms with Crippen LogP contribution in [-0.2, 0) is 16.6 Å². The number of furan rings is 1. The highest BCUT2D eigenvalue weighted by atomic mass is 32.2. The molecular formula is C19H27N3O2S. The van der Waals surface area contributed by atoms with E-state index in [-0.39, 0.29) is 6.04 Å². The van der Waals surface area contributed by atoms with Gasteiger partial charge < -0.3 is 15.1 Å². The highest BCUT2D eigenvalue weighted by molar-refractivity contribution is 7.84. The average molecular weight is 362 g/mol. The zero-order valence-electron chi connectivity index (χ0n) is 15.1. The van der Waals surface area contributed by atoms with Crippen LogP contribution in [0.15, 0.2) is 51.9 Å². The normalized spacial score (nSPS) is 14.1. The number of nitrogens with zero attached hydrogens (tertiary/aromatic N) is 1. The van der Waals surface area contributed by atoms with Gasteiger partial charge in [0.25, 0.3) is 0 Å². The van der Waals surface area contributed by atoms with E-state index in [2.05, 4.69) is 15.6 Å². The minimum Gasteiger partial charge on any atom is -0.464 e. The van der Waals surface area contributed by atoms with Crippen LogP contribution in [0.2, 0.25) is 0 Å². The van der Waals surface area contributed by atoms with E-state index in [4.69, 9.17) is 4.42 Å². The molecule has 1 heterocycles. The van der Waals surface area contributed by atoms with E-state index in [0.717, 1.165) is 23.6 Å². The first-order chi connectivity index (χ1) is 12.1. The molecule has 1 aromatic heterocycles. The summed E-state index contributed by atoms with van der Waals surface area (Å²) in [7, 11) is -0.918. The number of guanidine groups is 1. The predicted octanol–water partition coefficient (Wildman–Crippen LogP) is 3.15. The standard InChI is InChI=1S/C19H27N3O2S/c1-4-20-19(22-16(3)18-11-10-15(2)24-18)21-12-13-25(23)14-17-8-6-5-7-9-17/h5-11,16H,4,12-14H2,1-3H3,(H2,20,21,22). The Bertz CT molecular complexity index is 698. The smallest absolute Gasteiger partial charge is 0.191 e. The monoisotopic (exact) mass is 361 g/mol. The maximum Gasteiger partial charge on any atom is 0.191 e. The molecule has 0 fully saturated rings. The minimum atomic E-state index is -0.918. The lowest BCUT2D eigenvalue weighted by molar-refractivity contribution is 0.441. The third-order valence-corrected chi connectivity index (χ3v) is 4.94. The van der Waals surface area contributed by atoms with Gasteiger partial charge in [0.05, 0.1) is 12.6 Å². The van der Waals surface area contributed by atoms with Gasteiger partial charge in [0.15, 0.2) is 5.96 Å². The first-order valence-electron chi connectivity index (χ1n) is 8.58. The molecule has 136 valence electrons. The van der Waals surface area contributed by atoms with Crippen molar-refractivity contribution >= 4 is 16.8 Å². The average Bonchev–Trinajstić information content (AvgIpc) is 3.02. The Morgan fingerprint density at radius 3 is 2.64 bits per heavy atom. The Balaban J connectivity index is 1.85. The van der Waals surface area contributed by atoms with Gasteiger partial charge in [0.2, 0.25) is 0 Å². The fourth-order valence-corrected chi connectivity index (χ4v) is 3.38. The van der Waals surface area contributed by atoms with E-state index in [0.29, 0.717) is 24.0 Å². The number of aliphatic imine (C=N–C) groups is 1. The van der Waals surface area contributed by atoms with Gasteiger partial charge in [-0.05, 0) is 38.5 Å². The summed E-state index contributed by atoms with van der Waals surface area (Å²) in [5.41, 5.74) is 1.09. The fourth-order valence-electron chi connectivity index (χ4n) is 2.37. The van der Waals surface area contributed by atoms with E-state index >= 15 is 0 Å². The van der Waals surface area contributed by atoms with Crippen molar-refractivity contribution in [2.24, 2.45) is 4.99 Å². The quantitative estimate of drug-likeness (QED) is 0.560. The molecule has 0 aliphatic heterocycles. The predicted molar refractivity (Wildman–Crippen MR) is 104 cm³/mol. The van der Waals surface area contributed by atoms with Crippen molar-refractivity contribution in [2.45, 2.75) is 32.6 Å². The van der Waals surface area contributed by atoms with E-state index in [9.17, 15) is 4.21 Å². The molecular weight excluding hydrogens is 334 g/mol. The summed E-state index contributed by atoms with van der Waals surface area (Å²) < 4.78 is 17.8. The second kappa shape index (κ2) is 10.0. The summed E-state index contributed by atoms with van der Waals surface area (Å²) in [4.78, 5) is 4.53. The Morgan fingerprint density at radius 1 is 1.24 bits per heavy atom. The molecule has 1 aromatic carbocycles. The Hall–Kier alpha value is -2.08. The molecule has 0 aliphatic carbocycles. The number of benzene rings is 1. The largest absolute Gasteiger partial charge is 0.464 e. The van der Waals surface area contributed by atoms with Gasteiger partial charge in [-0.25, -0.2) is 0 Å². The van der Waals surface area contributed by atoms with E-state index in [1.807, 2.05) is 63.2 Å². The van der Waals surface area contributed by atoms with Gasteiger partial charge >= 0.3 is 0 Å². The van der Waals surface area contributed by atoms with Crippen LogP contribution >= 0.6 is 0 Å². The van der Waals surface area contributed by atoms with Crippen molar-refractivity contribution in [3.63, 3.8) is 0 Å². The minimum absolute atomic E-state index is 0.0151. The summed E-state index contributed by atoms with van der Waals surface area (Å²) in [5, 5.41) is 6.53. The van der Waals surface area contributed by atoms with Crippen LogP contribution in [0.3, 0.4) is 0 Å². The maximum absolute atomic E-state index is 12.2. The van der Waals surface area contributed by atoms with Gasteiger partial charge in [-0.1, -0.05) is 30.3 Å². The third kappa shape index (κ3) is 6.74. The first kappa shape index (κ1) is 19.2. The van der Waals surface area contributed by atoms with Crippen molar-refractivity contribution in [3.05, 3.63) is 59.5 Å². The van der Waals surface area contributed by atoms with E-state index in [1.54, 1.807) is 0 Å². The zero-order chi connectivity index (χ0) is 18.1.